The van der Waals surface area contributed by atoms with Gasteiger partial charge < -0.3 is 10.4 Å². The molecule has 158 valence electrons. The number of benzene rings is 1. The number of amides is 1. The predicted octanol–water partition coefficient (Wildman–Crippen LogP) is 3.47. The molecule has 3 unspecified atom stereocenters. The first kappa shape index (κ1) is 22.0. The van der Waals surface area contributed by atoms with Gasteiger partial charge in [-0.2, -0.15) is 4.31 Å². The molecule has 1 aliphatic rings. The molecule has 0 saturated carbocycles. The zero-order chi connectivity index (χ0) is 21.2. The molecule has 2 aromatic rings. The van der Waals surface area contributed by atoms with E-state index in [1.807, 2.05) is 45.0 Å². The van der Waals surface area contributed by atoms with Crippen LogP contribution in [0.25, 0.3) is 0 Å². The van der Waals surface area contributed by atoms with Crippen LogP contribution in [0.4, 0.5) is 0 Å². The summed E-state index contributed by atoms with van der Waals surface area (Å²) >= 11 is 1.10. The molecule has 1 aliphatic heterocycles. The normalized spacial score (nSPS) is 21.7. The molecule has 1 amide bonds. The van der Waals surface area contributed by atoms with Gasteiger partial charge in [0.25, 0.3) is 5.91 Å². The number of aliphatic hydroxyl groups is 1. The fourth-order valence-corrected chi connectivity index (χ4v) is 7.03. The van der Waals surface area contributed by atoms with Crippen molar-refractivity contribution < 1.29 is 18.3 Å². The lowest BCUT2D eigenvalue weighted by molar-refractivity contribution is 0.0917. The van der Waals surface area contributed by atoms with Crippen molar-refractivity contribution in [2.75, 3.05) is 6.54 Å². The van der Waals surface area contributed by atoms with Crippen LogP contribution in [0.2, 0.25) is 0 Å². The molecule has 1 fully saturated rings. The lowest BCUT2D eigenvalue weighted by atomic mass is 10.0. The van der Waals surface area contributed by atoms with Crippen LogP contribution in [-0.4, -0.2) is 42.4 Å². The second kappa shape index (κ2) is 8.95. The minimum absolute atomic E-state index is 0.00972. The third kappa shape index (κ3) is 4.71. The highest BCUT2D eigenvalue weighted by atomic mass is 32.2. The average Bonchev–Trinajstić information content (AvgIpc) is 3.17. The van der Waals surface area contributed by atoms with Gasteiger partial charge in [0.05, 0.1) is 6.10 Å². The topological polar surface area (TPSA) is 86.7 Å². The van der Waals surface area contributed by atoms with E-state index in [1.54, 1.807) is 5.38 Å². The van der Waals surface area contributed by atoms with Crippen molar-refractivity contribution in [1.82, 2.24) is 9.62 Å². The minimum Gasteiger partial charge on any atom is -0.387 e. The van der Waals surface area contributed by atoms with Crippen molar-refractivity contribution in [2.45, 2.75) is 63.1 Å². The number of aliphatic hydroxyl groups excluding tert-OH is 1. The van der Waals surface area contributed by atoms with E-state index in [0.717, 1.165) is 36.2 Å². The van der Waals surface area contributed by atoms with Crippen molar-refractivity contribution >= 4 is 27.3 Å². The molecular weight excluding hydrogens is 408 g/mol. The maximum Gasteiger partial charge on any atom is 0.262 e. The van der Waals surface area contributed by atoms with Crippen LogP contribution in [0.15, 0.2) is 40.6 Å². The summed E-state index contributed by atoms with van der Waals surface area (Å²) in [6, 6.07) is 8.72. The number of nitrogens with zero attached hydrogens (tertiary/aromatic N) is 1. The van der Waals surface area contributed by atoms with Gasteiger partial charge in [-0.15, -0.1) is 11.3 Å². The van der Waals surface area contributed by atoms with Crippen molar-refractivity contribution in [1.29, 1.82) is 0 Å². The number of sulfonamides is 1. The van der Waals surface area contributed by atoms with Crippen molar-refractivity contribution in [3.05, 3.63) is 51.7 Å². The maximum absolute atomic E-state index is 13.3. The Labute approximate surface area is 176 Å². The number of carbonyl (C=O) groups excluding carboxylic acids is 1. The second-order valence-corrected chi connectivity index (χ2v) is 10.4. The molecule has 2 N–H and O–H groups in total. The monoisotopic (exact) mass is 436 g/mol. The van der Waals surface area contributed by atoms with Crippen LogP contribution in [0, 0.1) is 6.92 Å². The highest BCUT2D eigenvalue weighted by Gasteiger charge is 2.38. The highest BCUT2D eigenvalue weighted by molar-refractivity contribution is 7.89. The quantitative estimate of drug-likeness (QED) is 0.726. The summed E-state index contributed by atoms with van der Waals surface area (Å²) in [5, 5.41) is 14.6. The lowest BCUT2D eigenvalue weighted by Gasteiger charge is -2.37. The number of carbonyl (C=O) groups is 1. The lowest BCUT2D eigenvalue weighted by Crippen LogP contribution is -2.47. The highest BCUT2D eigenvalue weighted by Crippen LogP contribution is 2.32. The molecule has 29 heavy (non-hydrogen) atoms. The van der Waals surface area contributed by atoms with Crippen LogP contribution >= 0.6 is 11.3 Å². The van der Waals surface area contributed by atoms with Crippen LogP contribution in [0.5, 0.6) is 0 Å². The Morgan fingerprint density at radius 1 is 1.21 bits per heavy atom. The number of rotatable bonds is 6. The second-order valence-electron chi connectivity index (χ2n) is 7.71. The van der Waals surface area contributed by atoms with Gasteiger partial charge in [0, 0.05) is 18.6 Å². The Kier molecular flexibility index (Phi) is 6.78. The number of piperidine rings is 1. The first-order valence-electron chi connectivity index (χ1n) is 9.85. The number of hydrogen-bond donors (Lipinski definition) is 2. The molecule has 3 atom stereocenters. The summed E-state index contributed by atoms with van der Waals surface area (Å²) in [4.78, 5) is 12.9. The van der Waals surface area contributed by atoms with Gasteiger partial charge >= 0.3 is 0 Å². The standard InChI is InChI=1S/C21H28N2O4S2/c1-14-7-9-17(10-8-14)18(24)13-22-21(25)20-19(11-12-28-20)29(26,27)23-15(2)5-4-6-16(23)3/h7-12,15-16,18,24H,4-6,13H2,1-3H3,(H,22,25). The van der Waals surface area contributed by atoms with Crippen LogP contribution in [0.1, 0.15) is 60.0 Å². The molecule has 0 radical (unpaired) electrons. The van der Waals surface area contributed by atoms with E-state index in [9.17, 15) is 18.3 Å². The summed E-state index contributed by atoms with van der Waals surface area (Å²) in [5.74, 6) is -0.484. The smallest absolute Gasteiger partial charge is 0.262 e. The summed E-state index contributed by atoms with van der Waals surface area (Å²) in [6.07, 6.45) is 1.78. The Morgan fingerprint density at radius 2 is 1.83 bits per heavy atom. The van der Waals surface area contributed by atoms with E-state index in [4.69, 9.17) is 0 Å². The summed E-state index contributed by atoms with van der Waals surface area (Å²) in [7, 11) is -3.77. The fourth-order valence-electron chi connectivity index (χ4n) is 3.83. The number of hydrogen-bond acceptors (Lipinski definition) is 5. The number of aryl methyl sites for hydroxylation is 1. The van der Waals surface area contributed by atoms with Crippen LogP contribution < -0.4 is 5.32 Å². The first-order chi connectivity index (χ1) is 13.7. The zero-order valence-electron chi connectivity index (χ0n) is 17.0. The molecule has 3 rings (SSSR count). The molecule has 1 aromatic carbocycles. The Hall–Kier alpha value is -1.74. The van der Waals surface area contributed by atoms with Crippen molar-refractivity contribution in [2.24, 2.45) is 0 Å². The van der Waals surface area contributed by atoms with Crippen LogP contribution in [-0.2, 0) is 10.0 Å². The van der Waals surface area contributed by atoms with E-state index in [2.05, 4.69) is 5.32 Å². The Morgan fingerprint density at radius 3 is 2.45 bits per heavy atom. The molecular formula is C21H28N2O4S2. The number of nitrogens with one attached hydrogen (secondary N) is 1. The van der Waals surface area contributed by atoms with Gasteiger partial charge in [0.1, 0.15) is 9.77 Å². The van der Waals surface area contributed by atoms with Gasteiger partial charge in [0.15, 0.2) is 0 Å². The van der Waals surface area contributed by atoms with Gasteiger partial charge in [-0.1, -0.05) is 36.2 Å². The number of thiophene rings is 1. The maximum atomic E-state index is 13.3. The molecule has 6 nitrogen and oxygen atoms in total. The van der Waals surface area contributed by atoms with E-state index < -0.39 is 22.0 Å². The zero-order valence-corrected chi connectivity index (χ0v) is 18.6. The summed E-state index contributed by atoms with van der Waals surface area (Å²) < 4.78 is 28.1. The molecule has 2 heterocycles. The van der Waals surface area contributed by atoms with Crippen molar-refractivity contribution in [3.8, 4) is 0 Å². The average molecular weight is 437 g/mol. The van der Waals surface area contributed by atoms with Gasteiger partial charge in [-0.05, 0) is 50.6 Å². The molecule has 8 heteroatoms. The third-order valence-corrected chi connectivity index (χ3v) is 8.63. The van der Waals surface area contributed by atoms with Crippen LogP contribution in [0.3, 0.4) is 0 Å². The largest absolute Gasteiger partial charge is 0.387 e. The summed E-state index contributed by atoms with van der Waals surface area (Å²) in [6.45, 7) is 5.80. The SMILES string of the molecule is Cc1ccc(C(O)CNC(=O)c2sccc2S(=O)(=O)N2C(C)CCCC2C)cc1. The van der Waals surface area contributed by atoms with Gasteiger partial charge in [-0.3, -0.25) is 4.79 Å². The molecule has 0 spiro atoms. The molecule has 1 saturated heterocycles. The predicted molar refractivity (Wildman–Crippen MR) is 115 cm³/mol. The first-order valence-corrected chi connectivity index (χ1v) is 12.2. The molecule has 0 aliphatic carbocycles. The van der Waals surface area contributed by atoms with E-state index >= 15 is 0 Å². The van der Waals surface area contributed by atoms with Crippen molar-refractivity contribution in [3.63, 3.8) is 0 Å². The van der Waals surface area contributed by atoms with E-state index in [0.29, 0.717) is 5.56 Å². The molecule has 0 bridgehead atoms. The van der Waals surface area contributed by atoms with E-state index in [1.165, 1.54) is 10.4 Å². The third-order valence-electron chi connectivity index (χ3n) is 5.42. The van der Waals surface area contributed by atoms with Gasteiger partial charge in [0.2, 0.25) is 10.0 Å². The Bertz CT molecular complexity index is 943. The summed E-state index contributed by atoms with van der Waals surface area (Å²) in [5.41, 5.74) is 1.78. The fraction of sp³-hybridized carbons (Fsp3) is 0.476. The minimum atomic E-state index is -3.77. The van der Waals surface area contributed by atoms with Gasteiger partial charge in [-0.25, -0.2) is 8.42 Å². The Balaban J connectivity index is 1.75. The van der Waals surface area contributed by atoms with E-state index in [-0.39, 0.29) is 28.4 Å². The molecule has 1 aromatic heterocycles.